The minimum absolute atomic E-state index is 0.00143. The molecule has 350 valence electrons. The monoisotopic (exact) mass is 883 g/mol. The number of unbranched alkanes of at least 4 members (excludes halogenated alkanes) is 7. The zero-order chi connectivity index (χ0) is 43.4. The van der Waals surface area contributed by atoms with E-state index in [9.17, 15) is 0 Å². The van der Waals surface area contributed by atoms with Gasteiger partial charge in [-0.1, -0.05) is 77.3 Å². The molecule has 3 rings (SSSR count). The van der Waals surface area contributed by atoms with Crippen LogP contribution in [0.15, 0.2) is 24.3 Å². The highest BCUT2D eigenvalue weighted by molar-refractivity contribution is 6.62. The molecule has 12 heteroatoms. The lowest BCUT2D eigenvalue weighted by Gasteiger charge is -2.42. The number of hydrogen-bond donors (Lipinski definition) is 0. The van der Waals surface area contributed by atoms with Gasteiger partial charge in [0.1, 0.15) is 5.75 Å². The van der Waals surface area contributed by atoms with Crippen LogP contribution in [-0.4, -0.2) is 103 Å². The average molecular weight is 883 g/mol. The molecule has 0 spiro atoms. The Morgan fingerprint density at radius 3 is 1.67 bits per heavy atom. The van der Waals surface area contributed by atoms with Gasteiger partial charge < -0.3 is 45.5 Å². The van der Waals surface area contributed by atoms with Crippen molar-refractivity contribution in [3.63, 3.8) is 0 Å². The maximum Gasteiger partial charge on any atom is 0.506 e. The van der Waals surface area contributed by atoms with Gasteiger partial charge in [0.05, 0.1) is 31.5 Å². The maximum atomic E-state index is 6.57. The molecule has 0 aromatic heterocycles. The van der Waals surface area contributed by atoms with Gasteiger partial charge in [-0.15, -0.1) is 0 Å². The highest BCUT2D eigenvalue weighted by atomic mass is 28.4. The molecule has 0 bridgehead atoms. The van der Waals surface area contributed by atoms with Crippen molar-refractivity contribution in [3.8, 4) is 5.75 Å². The summed E-state index contributed by atoms with van der Waals surface area (Å²) in [6.45, 7) is 23.6. The molecular weight excluding hydrogens is 793 g/mol. The smallest absolute Gasteiger partial charge is 0.494 e. The Morgan fingerprint density at radius 2 is 1.12 bits per heavy atom. The van der Waals surface area contributed by atoms with Crippen molar-refractivity contribution in [1.82, 2.24) is 0 Å². The predicted molar refractivity (Wildman–Crippen MR) is 247 cm³/mol. The molecule has 2 aliphatic rings. The van der Waals surface area contributed by atoms with E-state index in [1.54, 1.807) is 0 Å². The third-order valence-electron chi connectivity index (χ3n) is 12.4. The Kier molecular flexibility index (Phi) is 27.7. The lowest BCUT2D eigenvalue weighted by atomic mass is 9.77. The highest BCUT2D eigenvalue weighted by Gasteiger charge is 2.59. The van der Waals surface area contributed by atoms with E-state index in [1.807, 2.05) is 41.5 Å². The van der Waals surface area contributed by atoms with Crippen molar-refractivity contribution in [3.05, 3.63) is 29.8 Å². The van der Waals surface area contributed by atoms with E-state index >= 15 is 0 Å². The molecule has 1 heterocycles. The van der Waals surface area contributed by atoms with Crippen molar-refractivity contribution in [1.29, 1.82) is 0 Å². The average Bonchev–Trinajstić information content (AvgIpc) is 3.76. The fraction of sp³-hybridized carbons (Fsp3) is 0.875. The first-order chi connectivity index (χ1) is 29.3. The van der Waals surface area contributed by atoms with E-state index in [0.717, 1.165) is 56.3 Å². The van der Waals surface area contributed by atoms with Crippen LogP contribution in [0.5, 0.6) is 5.75 Å². The van der Waals surface area contributed by atoms with E-state index < -0.39 is 23.0 Å². The van der Waals surface area contributed by atoms with Crippen LogP contribution in [0.1, 0.15) is 170 Å². The summed E-state index contributed by atoms with van der Waals surface area (Å²) in [5, 5.41) is 0. The Bertz CT molecular complexity index is 1150. The summed E-state index contributed by atoms with van der Waals surface area (Å²) in [4.78, 5) is 0. The van der Waals surface area contributed by atoms with Gasteiger partial charge >= 0.3 is 17.6 Å². The van der Waals surface area contributed by atoms with Crippen LogP contribution in [0.25, 0.3) is 0 Å². The zero-order valence-corrected chi connectivity index (χ0v) is 41.7. The standard InChI is InChI=1S/C48H90O10Si2/c1-9-16-21-25-42-26-28-43(29-27-42)44-30-32-45(33-31-44)51-37-23-20-18-17-19-22-35-49-40-48(8,41-50-36-24-39-59(53-10-2,54-11-3)55-12-4)47-46(34-38-52-47)60(56-13-5,57-14-6)58-15-7/h30-33,42-43,46-47H,9-29,34-41H2,1-8H3. The first-order valence-corrected chi connectivity index (χ1v) is 28.3. The number of ether oxygens (including phenoxy) is 4. The van der Waals surface area contributed by atoms with Crippen LogP contribution in [0.3, 0.4) is 0 Å². The molecular formula is C48H90O10Si2. The van der Waals surface area contributed by atoms with Crippen molar-refractivity contribution in [2.45, 2.75) is 182 Å². The molecule has 3 unspecified atom stereocenters. The van der Waals surface area contributed by atoms with Gasteiger partial charge in [-0.05, 0) is 122 Å². The van der Waals surface area contributed by atoms with Crippen molar-refractivity contribution >= 4 is 17.6 Å². The van der Waals surface area contributed by atoms with E-state index in [2.05, 4.69) is 38.1 Å². The van der Waals surface area contributed by atoms with E-state index in [4.69, 9.17) is 45.5 Å². The largest absolute Gasteiger partial charge is 0.506 e. The second-order valence-corrected chi connectivity index (χ2v) is 22.7. The predicted octanol–water partition coefficient (Wildman–Crippen LogP) is 11.9. The van der Waals surface area contributed by atoms with Gasteiger partial charge in [-0.3, -0.25) is 0 Å². The van der Waals surface area contributed by atoms with Crippen molar-refractivity contribution in [2.24, 2.45) is 11.3 Å². The van der Waals surface area contributed by atoms with Gasteiger partial charge in [0.2, 0.25) is 0 Å². The number of rotatable bonds is 37. The molecule has 1 aromatic carbocycles. The third-order valence-corrected chi connectivity index (χ3v) is 19.1. The van der Waals surface area contributed by atoms with Crippen LogP contribution in [0.2, 0.25) is 11.6 Å². The van der Waals surface area contributed by atoms with Gasteiger partial charge in [-0.25, -0.2) is 0 Å². The molecule has 1 saturated carbocycles. The fourth-order valence-electron chi connectivity index (χ4n) is 9.40. The summed E-state index contributed by atoms with van der Waals surface area (Å²) < 4.78 is 63.2. The van der Waals surface area contributed by atoms with Gasteiger partial charge in [-0.2, -0.15) is 0 Å². The van der Waals surface area contributed by atoms with Gasteiger partial charge in [0, 0.05) is 70.9 Å². The van der Waals surface area contributed by atoms with Crippen molar-refractivity contribution in [2.75, 3.05) is 79.3 Å². The Morgan fingerprint density at radius 1 is 0.583 bits per heavy atom. The summed E-state index contributed by atoms with van der Waals surface area (Å²) in [5.41, 5.74) is 1.08. The van der Waals surface area contributed by atoms with Crippen LogP contribution < -0.4 is 4.74 Å². The molecule has 1 saturated heterocycles. The zero-order valence-electron chi connectivity index (χ0n) is 39.7. The SMILES string of the molecule is CCCCCC1CCC(c2ccc(OCCCCCCCCOCC(C)(COCCC[Si](OCC)(OCC)OCC)C3OCCC3[Si](OCC)(OCC)OCC)cc2)CC1. The molecule has 0 N–H and O–H groups in total. The molecule has 0 amide bonds. The Balaban J connectivity index is 1.42. The molecule has 1 aliphatic carbocycles. The maximum absolute atomic E-state index is 6.57. The molecule has 0 radical (unpaired) electrons. The molecule has 60 heavy (non-hydrogen) atoms. The Labute approximate surface area is 369 Å². The normalized spacial score (nSPS) is 21.1. The lowest BCUT2D eigenvalue weighted by Crippen LogP contribution is -2.56. The quantitative estimate of drug-likeness (QED) is 0.0475. The fourth-order valence-corrected chi connectivity index (χ4v) is 15.4. The third kappa shape index (κ3) is 18.3. The van der Waals surface area contributed by atoms with Gasteiger partial charge in [0.25, 0.3) is 0 Å². The summed E-state index contributed by atoms with van der Waals surface area (Å²) in [6, 6.07) is 9.72. The Hall–Kier alpha value is -0.906. The number of benzene rings is 1. The first-order valence-electron chi connectivity index (χ1n) is 24.6. The second-order valence-electron chi connectivity index (χ2n) is 17.2. The lowest BCUT2D eigenvalue weighted by molar-refractivity contribution is -0.0952. The van der Waals surface area contributed by atoms with Crippen LogP contribution in [0.4, 0.5) is 0 Å². The molecule has 2 fully saturated rings. The van der Waals surface area contributed by atoms with E-state index in [1.165, 1.54) is 76.2 Å². The second kappa shape index (κ2) is 31.1. The summed E-state index contributed by atoms with van der Waals surface area (Å²) >= 11 is 0. The topological polar surface area (TPSA) is 92.3 Å². The summed E-state index contributed by atoms with van der Waals surface area (Å²) in [5.74, 6) is 2.69. The molecule has 10 nitrogen and oxygen atoms in total. The van der Waals surface area contributed by atoms with E-state index in [0.29, 0.717) is 78.7 Å². The van der Waals surface area contributed by atoms with E-state index in [-0.39, 0.29) is 11.6 Å². The molecule has 3 atom stereocenters. The van der Waals surface area contributed by atoms with Crippen LogP contribution >= 0.6 is 0 Å². The first kappa shape index (κ1) is 53.4. The summed E-state index contributed by atoms with van der Waals surface area (Å²) in [6.07, 6.45) is 19.4. The molecule has 1 aromatic rings. The van der Waals surface area contributed by atoms with Crippen LogP contribution in [-0.2, 0) is 40.8 Å². The van der Waals surface area contributed by atoms with Gasteiger partial charge in [0.15, 0.2) is 0 Å². The minimum Gasteiger partial charge on any atom is -0.494 e. The number of hydrogen-bond acceptors (Lipinski definition) is 10. The molecule has 1 aliphatic heterocycles. The van der Waals surface area contributed by atoms with Crippen molar-refractivity contribution < 1.29 is 45.5 Å². The summed E-state index contributed by atoms with van der Waals surface area (Å²) in [7, 11) is -5.78. The highest BCUT2D eigenvalue weighted by Crippen LogP contribution is 2.46. The minimum atomic E-state index is -3.05. The van der Waals surface area contributed by atoms with Crippen LogP contribution in [0, 0.1) is 11.3 Å².